The summed E-state index contributed by atoms with van der Waals surface area (Å²) < 4.78 is 2.00. The number of carbonyl (C=O) groups is 2. The van der Waals surface area contributed by atoms with E-state index in [0.717, 1.165) is 39.4 Å². The molecule has 0 aliphatic heterocycles. The van der Waals surface area contributed by atoms with Gasteiger partial charge in [0.15, 0.2) is 0 Å². The number of amides is 2. The summed E-state index contributed by atoms with van der Waals surface area (Å²) in [6.45, 7) is 7.14. The predicted octanol–water partition coefficient (Wildman–Crippen LogP) is 8.17. The normalized spacial score (nSPS) is 21.5. The van der Waals surface area contributed by atoms with Crippen LogP contribution in [0.2, 0.25) is 10.0 Å². The minimum Gasteiger partial charge on any atom is -0.351 e. The molecular formula is C28H28Cl2N2O2S2. The van der Waals surface area contributed by atoms with E-state index in [1.54, 1.807) is 0 Å². The van der Waals surface area contributed by atoms with E-state index < -0.39 is 0 Å². The number of carbonyl (C=O) groups excluding carboxylic acids is 2. The first-order chi connectivity index (χ1) is 17.1. The van der Waals surface area contributed by atoms with E-state index >= 15 is 0 Å². The fourth-order valence-electron chi connectivity index (χ4n) is 5.82. The summed E-state index contributed by atoms with van der Waals surface area (Å²) in [7, 11) is 0. The first kappa shape index (κ1) is 25.5. The van der Waals surface area contributed by atoms with Crippen molar-refractivity contribution in [3.63, 3.8) is 0 Å². The molecule has 0 radical (unpaired) electrons. The van der Waals surface area contributed by atoms with Crippen molar-refractivity contribution < 1.29 is 9.59 Å². The Bertz CT molecular complexity index is 1480. The van der Waals surface area contributed by atoms with Crippen LogP contribution in [0.1, 0.15) is 59.4 Å². The van der Waals surface area contributed by atoms with Crippen LogP contribution in [0.15, 0.2) is 48.5 Å². The Labute approximate surface area is 229 Å². The van der Waals surface area contributed by atoms with Crippen LogP contribution < -0.4 is 10.6 Å². The summed E-state index contributed by atoms with van der Waals surface area (Å²) in [5.74, 6) is -0.282. The molecule has 5 rings (SSSR count). The molecule has 0 bridgehead atoms. The van der Waals surface area contributed by atoms with Crippen molar-refractivity contribution in [2.45, 2.75) is 46.1 Å². The molecule has 2 atom stereocenters. The molecule has 1 fully saturated rings. The molecule has 2 aromatic carbocycles. The van der Waals surface area contributed by atoms with E-state index in [1.165, 1.54) is 22.7 Å². The highest BCUT2D eigenvalue weighted by atomic mass is 35.5. The lowest BCUT2D eigenvalue weighted by Crippen LogP contribution is -2.50. The number of halogens is 2. The lowest BCUT2D eigenvalue weighted by Gasteiger charge is -2.47. The number of hydrogen-bond acceptors (Lipinski definition) is 4. The third-order valence-corrected chi connectivity index (χ3v) is 10.3. The van der Waals surface area contributed by atoms with E-state index in [9.17, 15) is 9.59 Å². The summed E-state index contributed by atoms with van der Waals surface area (Å²) >= 11 is 15.9. The topological polar surface area (TPSA) is 58.2 Å². The quantitative estimate of drug-likeness (QED) is 0.259. The molecule has 0 saturated heterocycles. The standard InChI is InChI=1S/C28H28Cl2N2O2S2/c1-27(2)12-16(32-26(34)24-22(30)18-9-5-7-11-20(18)36-24)13-28(3,14-27)15-31-25(33)23-21(29)17-8-4-6-10-19(17)35-23/h4-11,16H,12-15H2,1-3H3,(H,31,33)(H,32,34)/t16-,28-/m1/s1. The van der Waals surface area contributed by atoms with E-state index in [4.69, 9.17) is 23.2 Å². The number of hydrogen-bond donors (Lipinski definition) is 2. The van der Waals surface area contributed by atoms with Crippen LogP contribution in [0.5, 0.6) is 0 Å². The zero-order chi connectivity index (χ0) is 25.7. The summed E-state index contributed by atoms with van der Waals surface area (Å²) in [5.41, 5.74) is -0.169. The van der Waals surface area contributed by atoms with Crippen molar-refractivity contribution in [2.75, 3.05) is 6.54 Å². The number of nitrogens with one attached hydrogen (secondary N) is 2. The maximum atomic E-state index is 13.2. The van der Waals surface area contributed by atoms with Crippen molar-refractivity contribution in [1.29, 1.82) is 0 Å². The second kappa shape index (κ2) is 9.64. The molecule has 2 amide bonds. The third kappa shape index (κ3) is 5.01. The first-order valence-electron chi connectivity index (χ1n) is 12.0. The Hall–Kier alpha value is -2.12. The average molecular weight is 560 g/mol. The van der Waals surface area contributed by atoms with Crippen LogP contribution in [0.3, 0.4) is 0 Å². The Morgan fingerprint density at radius 1 is 0.861 bits per heavy atom. The Morgan fingerprint density at radius 2 is 1.39 bits per heavy atom. The molecule has 188 valence electrons. The molecular weight excluding hydrogens is 531 g/mol. The second-order valence-electron chi connectivity index (χ2n) is 10.9. The molecule has 2 aromatic heterocycles. The number of fused-ring (bicyclic) bond motifs is 2. The van der Waals surface area contributed by atoms with Crippen molar-refractivity contribution in [2.24, 2.45) is 10.8 Å². The Balaban J connectivity index is 1.29. The van der Waals surface area contributed by atoms with Crippen LogP contribution in [-0.2, 0) is 0 Å². The van der Waals surface area contributed by atoms with Crippen molar-refractivity contribution in [3.8, 4) is 0 Å². The van der Waals surface area contributed by atoms with Gasteiger partial charge in [0.05, 0.1) is 10.0 Å². The van der Waals surface area contributed by atoms with E-state index in [0.29, 0.717) is 26.3 Å². The molecule has 4 aromatic rings. The van der Waals surface area contributed by atoms with Crippen LogP contribution in [-0.4, -0.2) is 24.4 Å². The molecule has 1 saturated carbocycles. The minimum atomic E-state index is -0.178. The average Bonchev–Trinajstić information content (AvgIpc) is 3.34. The van der Waals surface area contributed by atoms with Gasteiger partial charge in [-0.25, -0.2) is 0 Å². The van der Waals surface area contributed by atoms with Crippen LogP contribution in [0.4, 0.5) is 0 Å². The van der Waals surface area contributed by atoms with Gasteiger partial charge in [-0.3, -0.25) is 9.59 Å². The highest BCUT2D eigenvalue weighted by Gasteiger charge is 2.42. The molecule has 36 heavy (non-hydrogen) atoms. The first-order valence-corrected chi connectivity index (χ1v) is 14.4. The number of benzene rings is 2. The van der Waals surface area contributed by atoms with Gasteiger partial charge in [0, 0.05) is 32.8 Å². The van der Waals surface area contributed by atoms with Gasteiger partial charge < -0.3 is 10.6 Å². The fraction of sp³-hybridized carbons (Fsp3) is 0.357. The SMILES string of the molecule is CC1(C)C[C@@H](NC(=O)c2sc3ccccc3c2Cl)C[C@@](C)(CNC(=O)c2sc3ccccc3c2Cl)C1. The zero-order valence-electron chi connectivity index (χ0n) is 20.4. The summed E-state index contributed by atoms with van der Waals surface area (Å²) in [6, 6.07) is 15.6. The Kier molecular flexibility index (Phi) is 6.83. The monoisotopic (exact) mass is 558 g/mol. The minimum absolute atomic E-state index is 0.00882. The fourth-order valence-corrected chi connectivity index (χ4v) is 8.67. The smallest absolute Gasteiger partial charge is 0.263 e. The maximum absolute atomic E-state index is 13.2. The molecule has 8 heteroatoms. The van der Waals surface area contributed by atoms with E-state index in [-0.39, 0.29) is 28.7 Å². The largest absolute Gasteiger partial charge is 0.351 e. The van der Waals surface area contributed by atoms with Gasteiger partial charge in [-0.1, -0.05) is 80.4 Å². The lowest BCUT2D eigenvalue weighted by atomic mass is 9.62. The van der Waals surface area contributed by atoms with Gasteiger partial charge in [0.1, 0.15) is 9.75 Å². The van der Waals surface area contributed by atoms with Gasteiger partial charge in [-0.15, -0.1) is 22.7 Å². The highest BCUT2D eigenvalue weighted by Crippen LogP contribution is 2.46. The Morgan fingerprint density at radius 3 is 1.94 bits per heavy atom. The van der Waals surface area contributed by atoms with Gasteiger partial charge in [-0.2, -0.15) is 0 Å². The predicted molar refractivity (Wildman–Crippen MR) is 153 cm³/mol. The van der Waals surface area contributed by atoms with Crippen LogP contribution >= 0.6 is 45.9 Å². The summed E-state index contributed by atoms with van der Waals surface area (Å²) in [6.07, 6.45) is 2.58. The summed E-state index contributed by atoms with van der Waals surface area (Å²) in [4.78, 5) is 27.4. The number of thiophene rings is 2. The molecule has 0 spiro atoms. The van der Waals surface area contributed by atoms with Crippen LogP contribution in [0, 0.1) is 10.8 Å². The van der Waals surface area contributed by atoms with Crippen molar-refractivity contribution >= 4 is 77.9 Å². The number of rotatable bonds is 5. The van der Waals surface area contributed by atoms with Gasteiger partial charge >= 0.3 is 0 Å². The second-order valence-corrected chi connectivity index (χ2v) is 13.8. The zero-order valence-corrected chi connectivity index (χ0v) is 23.6. The van der Waals surface area contributed by atoms with Gasteiger partial charge in [0.2, 0.25) is 0 Å². The summed E-state index contributed by atoms with van der Waals surface area (Å²) in [5, 5.41) is 9.22. The molecule has 2 heterocycles. The van der Waals surface area contributed by atoms with Crippen LogP contribution in [0.25, 0.3) is 20.2 Å². The molecule has 4 nitrogen and oxygen atoms in total. The van der Waals surface area contributed by atoms with Crippen molar-refractivity contribution in [1.82, 2.24) is 10.6 Å². The highest BCUT2D eigenvalue weighted by molar-refractivity contribution is 7.22. The van der Waals surface area contributed by atoms with E-state index in [1.807, 2.05) is 48.5 Å². The molecule has 2 N–H and O–H groups in total. The third-order valence-electron chi connectivity index (χ3n) is 6.94. The maximum Gasteiger partial charge on any atom is 0.263 e. The molecule has 0 unspecified atom stereocenters. The van der Waals surface area contributed by atoms with Crippen molar-refractivity contribution in [3.05, 3.63) is 68.3 Å². The lowest BCUT2D eigenvalue weighted by molar-refractivity contribution is 0.0594. The molecule has 1 aliphatic rings. The van der Waals surface area contributed by atoms with Gasteiger partial charge in [-0.05, 0) is 42.2 Å². The van der Waals surface area contributed by atoms with Gasteiger partial charge in [0.25, 0.3) is 11.8 Å². The van der Waals surface area contributed by atoms with E-state index in [2.05, 4.69) is 31.4 Å². The molecule has 1 aliphatic carbocycles.